The molecule has 1 aromatic heterocycles. The van der Waals surface area contributed by atoms with Crippen molar-refractivity contribution in [3.63, 3.8) is 0 Å². The van der Waals surface area contributed by atoms with Gasteiger partial charge < -0.3 is 15.0 Å². The summed E-state index contributed by atoms with van der Waals surface area (Å²) >= 11 is 7.57. The van der Waals surface area contributed by atoms with Gasteiger partial charge in [0.05, 0.1) is 17.3 Å². The molecule has 0 spiro atoms. The maximum atomic E-state index is 12.5. The predicted octanol–water partition coefficient (Wildman–Crippen LogP) is 4.49. The van der Waals surface area contributed by atoms with Crippen LogP contribution in [0, 0.1) is 5.92 Å². The molecule has 2 aromatic carbocycles. The molecule has 0 radical (unpaired) electrons. The minimum Gasteiger partial charge on any atom is -0.497 e. The second-order valence-electron chi connectivity index (χ2n) is 6.94. The lowest BCUT2D eigenvalue weighted by molar-refractivity contribution is -0.125. The second kappa shape index (κ2) is 8.37. The first-order valence-corrected chi connectivity index (χ1v) is 10.5. The molecule has 1 N–H and O–H groups in total. The summed E-state index contributed by atoms with van der Waals surface area (Å²) in [5.41, 5.74) is 2.05. The highest BCUT2D eigenvalue weighted by Crippen LogP contribution is 2.33. The number of fused-ring (bicyclic) bond motifs is 1. The Labute approximate surface area is 173 Å². The Morgan fingerprint density at radius 3 is 2.71 bits per heavy atom. The van der Waals surface area contributed by atoms with Gasteiger partial charge in [-0.15, -0.1) is 0 Å². The van der Waals surface area contributed by atoms with Crippen LogP contribution in [-0.2, 0) is 11.3 Å². The van der Waals surface area contributed by atoms with Gasteiger partial charge in [0.25, 0.3) is 0 Å². The lowest BCUT2D eigenvalue weighted by atomic mass is 9.96. The van der Waals surface area contributed by atoms with Gasteiger partial charge in [-0.05, 0) is 48.7 Å². The number of amides is 1. The summed E-state index contributed by atoms with van der Waals surface area (Å²) in [5, 5.41) is 4.77. The van der Waals surface area contributed by atoms with Gasteiger partial charge in [-0.1, -0.05) is 35.1 Å². The molecule has 4 rings (SSSR count). The zero-order valence-corrected chi connectivity index (χ0v) is 17.2. The average Bonchev–Trinajstić information content (AvgIpc) is 3.16. The molecule has 146 valence electrons. The third-order valence-electron chi connectivity index (χ3n) is 5.10. The van der Waals surface area contributed by atoms with E-state index in [1.807, 2.05) is 42.5 Å². The minimum absolute atomic E-state index is 0.0537. The highest BCUT2D eigenvalue weighted by Gasteiger charge is 2.26. The Balaban J connectivity index is 1.32. The van der Waals surface area contributed by atoms with Gasteiger partial charge in [0.2, 0.25) is 5.91 Å². The Hall–Kier alpha value is -2.31. The molecule has 1 fully saturated rings. The largest absolute Gasteiger partial charge is 0.497 e. The van der Waals surface area contributed by atoms with E-state index in [1.54, 1.807) is 18.4 Å². The highest BCUT2D eigenvalue weighted by molar-refractivity contribution is 7.22. The Bertz CT molecular complexity index is 965. The molecular formula is C21H22ClN3O2S. The standard InChI is InChI=1S/C21H22ClN3O2S/c1-27-17-6-7-18-19(12-17)28-21(24-18)25-10-8-15(9-11-25)20(26)23-13-14-2-4-16(22)5-3-14/h2-7,12,15H,8-11,13H2,1H3,(H,23,26). The van der Waals surface area contributed by atoms with Crippen LogP contribution in [0.15, 0.2) is 42.5 Å². The van der Waals surface area contributed by atoms with E-state index in [2.05, 4.69) is 10.2 Å². The molecule has 28 heavy (non-hydrogen) atoms. The van der Waals surface area contributed by atoms with Crippen molar-refractivity contribution in [2.75, 3.05) is 25.1 Å². The summed E-state index contributed by atoms with van der Waals surface area (Å²) < 4.78 is 6.41. The fraction of sp³-hybridized carbons (Fsp3) is 0.333. The molecule has 0 atom stereocenters. The van der Waals surface area contributed by atoms with E-state index in [9.17, 15) is 4.79 Å². The smallest absolute Gasteiger partial charge is 0.223 e. The van der Waals surface area contributed by atoms with E-state index < -0.39 is 0 Å². The number of rotatable bonds is 5. The SMILES string of the molecule is COc1ccc2nc(N3CCC(C(=O)NCc4ccc(Cl)cc4)CC3)sc2c1. The van der Waals surface area contributed by atoms with Crippen LogP contribution in [0.3, 0.4) is 0 Å². The van der Waals surface area contributed by atoms with Gasteiger partial charge in [-0.3, -0.25) is 4.79 Å². The Morgan fingerprint density at radius 2 is 2.00 bits per heavy atom. The fourth-order valence-electron chi connectivity index (χ4n) is 3.42. The van der Waals surface area contributed by atoms with Crippen LogP contribution in [0.5, 0.6) is 5.75 Å². The second-order valence-corrected chi connectivity index (χ2v) is 8.38. The number of methoxy groups -OCH3 is 1. The van der Waals surface area contributed by atoms with E-state index in [-0.39, 0.29) is 11.8 Å². The molecule has 0 bridgehead atoms. The summed E-state index contributed by atoms with van der Waals surface area (Å²) in [5.74, 6) is 1.03. The van der Waals surface area contributed by atoms with Crippen molar-refractivity contribution < 1.29 is 9.53 Å². The summed E-state index contributed by atoms with van der Waals surface area (Å²) in [6.07, 6.45) is 1.68. The van der Waals surface area contributed by atoms with Gasteiger partial charge in [0.1, 0.15) is 5.75 Å². The number of ether oxygens (including phenoxy) is 1. The van der Waals surface area contributed by atoms with Gasteiger partial charge in [0.15, 0.2) is 5.13 Å². The lowest BCUT2D eigenvalue weighted by Crippen LogP contribution is -2.40. The number of carbonyl (C=O) groups excluding carboxylic acids is 1. The lowest BCUT2D eigenvalue weighted by Gasteiger charge is -2.31. The number of aromatic nitrogens is 1. The zero-order valence-electron chi connectivity index (χ0n) is 15.7. The number of hydrogen-bond donors (Lipinski definition) is 1. The van der Waals surface area contributed by atoms with Crippen LogP contribution in [0.2, 0.25) is 5.02 Å². The summed E-state index contributed by atoms with van der Waals surface area (Å²) in [6, 6.07) is 13.5. The number of halogens is 1. The van der Waals surface area contributed by atoms with E-state index in [0.29, 0.717) is 11.6 Å². The minimum atomic E-state index is 0.0537. The van der Waals surface area contributed by atoms with Gasteiger partial charge in [-0.25, -0.2) is 4.98 Å². The molecule has 1 aliphatic heterocycles. The first-order valence-electron chi connectivity index (χ1n) is 9.34. The number of nitrogens with zero attached hydrogens (tertiary/aromatic N) is 2. The van der Waals surface area contributed by atoms with Crippen molar-refractivity contribution in [3.05, 3.63) is 53.1 Å². The first-order chi connectivity index (χ1) is 13.6. The maximum absolute atomic E-state index is 12.5. The molecule has 0 aliphatic carbocycles. The molecule has 2 heterocycles. The number of anilines is 1. The van der Waals surface area contributed by atoms with Crippen molar-refractivity contribution in [2.45, 2.75) is 19.4 Å². The van der Waals surface area contributed by atoms with Crippen LogP contribution >= 0.6 is 22.9 Å². The van der Waals surface area contributed by atoms with Crippen LogP contribution in [0.4, 0.5) is 5.13 Å². The predicted molar refractivity (Wildman–Crippen MR) is 114 cm³/mol. The summed E-state index contributed by atoms with van der Waals surface area (Å²) in [4.78, 5) is 19.5. The zero-order chi connectivity index (χ0) is 19.5. The molecule has 1 saturated heterocycles. The van der Waals surface area contributed by atoms with Gasteiger partial charge in [0, 0.05) is 30.6 Å². The number of hydrogen-bond acceptors (Lipinski definition) is 5. The quantitative estimate of drug-likeness (QED) is 0.667. The molecule has 1 aliphatic rings. The van der Waals surface area contributed by atoms with Crippen molar-refractivity contribution >= 4 is 44.2 Å². The summed E-state index contributed by atoms with van der Waals surface area (Å²) in [6.45, 7) is 2.22. The number of benzene rings is 2. The van der Waals surface area contributed by atoms with Gasteiger partial charge >= 0.3 is 0 Å². The van der Waals surface area contributed by atoms with E-state index in [4.69, 9.17) is 21.3 Å². The monoisotopic (exact) mass is 415 g/mol. The van der Waals surface area contributed by atoms with E-state index >= 15 is 0 Å². The molecule has 3 aromatic rings. The Morgan fingerprint density at radius 1 is 1.25 bits per heavy atom. The van der Waals surface area contributed by atoms with E-state index in [0.717, 1.165) is 52.6 Å². The third kappa shape index (κ3) is 4.23. The van der Waals surface area contributed by atoms with Gasteiger partial charge in [-0.2, -0.15) is 0 Å². The van der Waals surface area contributed by atoms with E-state index in [1.165, 1.54) is 0 Å². The molecule has 0 unspecified atom stereocenters. The van der Waals surface area contributed by atoms with Crippen molar-refractivity contribution in [1.82, 2.24) is 10.3 Å². The van der Waals surface area contributed by atoms with Crippen molar-refractivity contribution in [1.29, 1.82) is 0 Å². The van der Waals surface area contributed by atoms with Crippen LogP contribution in [0.1, 0.15) is 18.4 Å². The summed E-state index contributed by atoms with van der Waals surface area (Å²) in [7, 11) is 1.67. The van der Waals surface area contributed by atoms with Crippen LogP contribution in [0.25, 0.3) is 10.2 Å². The number of carbonyl (C=O) groups is 1. The molecule has 0 saturated carbocycles. The first kappa shape index (κ1) is 19.0. The Kier molecular flexibility index (Phi) is 5.69. The molecular weight excluding hydrogens is 394 g/mol. The van der Waals surface area contributed by atoms with Crippen LogP contribution < -0.4 is 15.0 Å². The normalized spacial score (nSPS) is 15.0. The third-order valence-corrected chi connectivity index (χ3v) is 6.43. The highest BCUT2D eigenvalue weighted by atomic mass is 35.5. The molecule has 7 heteroatoms. The van der Waals surface area contributed by atoms with Crippen molar-refractivity contribution in [2.24, 2.45) is 5.92 Å². The van der Waals surface area contributed by atoms with Crippen LogP contribution in [-0.4, -0.2) is 31.1 Å². The number of nitrogens with one attached hydrogen (secondary N) is 1. The topological polar surface area (TPSA) is 54.5 Å². The number of thiazole rings is 1. The fourth-order valence-corrected chi connectivity index (χ4v) is 4.60. The average molecular weight is 416 g/mol. The number of piperidine rings is 1. The molecule has 5 nitrogen and oxygen atoms in total. The van der Waals surface area contributed by atoms with Crippen molar-refractivity contribution in [3.8, 4) is 5.75 Å². The molecule has 1 amide bonds. The maximum Gasteiger partial charge on any atom is 0.223 e.